The molecule has 2 rings (SSSR count). The van der Waals surface area contributed by atoms with Crippen LogP contribution in [0, 0.1) is 6.92 Å². The Balaban J connectivity index is 1.87. The quantitative estimate of drug-likeness (QED) is 0.784. The topological polar surface area (TPSA) is 21.3 Å². The van der Waals surface area contributed by atoms with Crippen LogP contribution in [0.25, 0.3) is 0 Å². The van der Waals surface area contributed by atoms with Gasteiger partial charge < -0.3 is 0 Å². The van der Waals surface area contributed by atoms with Crippen molar-refractivity contribution in [2.24, 2.45) is 0 Å². The summed E-state index contributed by atoms with van der Waals surface area (Å²) in [5.74, 6) is 0. The van der Waals surface area contributed by atoms with Gasteiger partial charge in [-0.15, -0.1) is 0 Å². The van der Waals surface area contributed by atoms with E-state index < -0.39 is 0 Å². The van der Waals surface area contributed by atoms with Crippen LogP contribution in [0.2, 0.25) is 0 Å². The van der Waals surface area contributed by atoms with Crippen molar-refractivity contribution in [2.45, 2.75) is 6.61 Å². The van der Waals surface area contributed by atoms with Gasteiger partial charge >= 0.3 is 0 Å². The molecule has 0 saturated carbocycles. The smallest absolute Gasteiger partial charge is 0.0996 e. The molecule has 81 valence electrons. The second kappa shape index (κ2) is 5.33. The van der Waals surface area contributed by atoms with Gasteiger partial charge in [-0.2, -0.15) is 0 Å². The lowest BCUT2D eigenvalue weighted by Gasteiger charge is -2.09. The first-order valence-corrected chi connectivity index (χ1v) is 5.19. The minimum absolute atomic E-state index is 0.537. The first kappa shape index (κ1) is 10.7. The number of nitrogens with one attached hydrogen (secondary N) is 1. The molecular weight excluding hydrogens is 198 g/mol. The predicted octanol–water partition coefficient (Wildman–Crippen LogP) is 3.41. The van der Waals surface area contributed by atoms with Crippen molar-refractivity contribution < 1.29 is 4.84 Å². The highest BCUT2D eigenvalue weighted by molar-refractivity contribution is 5.50. The third-order valence-corrected chi connectivity index (χ3v) is 2.28. The van der Waals surface area contributed by atoms with Crippen molar-refractivity contribution in [1.82, 2.24) is 0 Å². The van der Waals surface area contributed by atoms with Crippen LogP contribution in [0.15, 0.2) is 54.6 Å². The third-order valence-electron chi connectivity index (χ3n) is 2.28. The first-order valence-electron chi connectivity index (χ1n) is 5.19. The van der Waals surface area contributed by atoms with Crippen LogP contribution >= 0.6 is 0 Å². The van der Waals surface area contributed by atoms with Crippen LogP contribution in [0.1, 0.15) is 11.1 Å². The van der Waals surface area contributed by atoms with E-state index in [1.54, 1.807) is 0 Å². The molecule has 16 heavy (non-hydrogen) atoms. The van der Waals surface area contributed by atoms with Crippen LogP contribution in [0.5, 0.6) is 0 Å². The van der Waals surface area contributed by atoms with Gasteiger partial charge in [0.1, 0.15) is 0 Å². The molecule has 2 heteroatoms. The minimum Gasteiger partial charge on any atom is -0.271 e. The zero-order valence-electron chi connectivity index (χ0n) is 9.02. The van der Waals surface area contributed by atoms with E-state index in [4.69, 9.17) is 4.84 Å². The average molecular weight is 212 g/mol. The second-order valence-corrected chi connectivity index (χ2v) is 3.53. The van der Waals surface area contributed by atoms with Crippen molar-refractivity contribution in [3.05, 3.63) is 72.6 Å². The highest BCUT2D eigenvalue weighted by Crippen LogP contribution is 2.13. The van der Waals surface area contributed by atoms with E-state index in [2.05, 4.69) is 12.4 Å². The zero-order chi connectivity index (χ0) is 11.2. The molecule has 0 unspecified atom stereocenters. The van der Waals surface area contributed by atoms with Crippen molar-refractivity contribution in [2.75, 3.05) is 5.48 Å². The van der Waals surface area contributed by atoms with E-state index >= 15 is 0 Å². The fourth-order valence-electron chi connectivity index (χ4n) is 1.39. The largest absolute Gasteiger partial charge is 0.271 e. The summed E-state index contributed by atoms with van der Waals surface area (Å²) >= 11 is 0. The van der Waals surface area contributed by atoms with E-state index in [0.29, 0.717) is 6.61 Å². The molecule has 0 aliphatic rings. The second-order valence-electron chi connectivity index (χ2n) is 3.53. The van der Waals surface area contributed by atoms with Crippen LogP contribution < -0.4 is 5.48 Å². The Kier molecular flexibility index (Phi) is 3.57. The van der Waals surface area contributed by atoms with Crippen LogP contribution in [0.4, 0.5) is 5.69 Å². The Morgan fingerprint density at radius 3 is 2.38 bits per heavy atom. The maximum atomic E-state index is 5.40. The Morgan fingerprint density at radius 1 is 0.938 bits per heavy atom. The van der Waals surface area contributed by atoms with Gasteiger partial charge in [-0.25, -0.2) is 0 Å². The molecule has 0 fully saturated rings. The maximum Gasteiger partial charge on any atom is 0.0996 e. The molecule has 0 atom stereocenters. The lowest BCUT2D eigenvalue weighted by atomic mass is 10.2. The zero-order valence-corrected chi connectivity index (χ0v) is 9.02. The molecule has 0 bridgehead atoms. The van der Waals surface area contributed by atoms with Gasteiger partial charge in [0.25, 0.3) is 0 Å². The van der Waals surface area contributed by atoms with E-state index in [9.17, 15) is 0 Å². The monoisotopic (exact) mass is 212 g/mol. The molecule has 0 aliphatic heterocycles. The summed E-state index contributed by atoms with van der Waals surface area (Å²) in [6.07, 6.45) is 0. The van der Waals surface area contributed by atoms with Gasteiger partial charge in [-0.3, -0.25) is 10.3 Å². The molecular formula is C14H14NO. The summed E-state index contributed by atoms with van der Waals surface area (Å²) < 4.78 is 0. The molecule has 2 nitrogen and oxygen atoms in total. The molecule has 0 saturated heterocycles. The molecule has 0 heterocycles. The number of anilines is 1. The van der Waals surface area contributed by atoms with Crippen LogP contribution in [-0.4, -0.2) is 0 Å². The summed E-state index contributed by atoms with van der Waals surface area (Å²) in [4.78, 5) is 5.40. The van der Waals surface area contributed by atoms with Gasteiger partial charge in [-0.1, -0.05) is 48.5 Å². The van der Waals surface area contributed by atoms with E-state index in [-0.39, 0.29) is 0 Å². The number of benzene rings is 2. The molecule has 0 aromatic heterocycles. The predicted molar refractivity (Wildman–Crippen MR) is 65.8 cm³/mol. The van der Waals surface area contributed by atoms with Crippen molar-refractivity contribution >= 4 is 5.69 Å². The summed E-state index contributed by atoms with van der Waals surface area (Å²) in [5, 5.41) is 0. The first-order chi connectivity index (χ1) is 7.86. The molecule has 0 amide bonds. The minimum atomic E-state index is 0.537. The van der Waals surface area contributed by atoms with E-state index in [1.807, 2.05) is 54.6 Å². The molecule has 1 N–H and O–H groups in total. The Morgan fingerprint density at radius 2 is 1.62 bits per heavy atom. The van der Waals surface area contributed by atoms with E-state index in [1.165, 1.54) is 0 Å². The Bertz CT molecular complexity index is 439. The summed E-state index contributed by atoms with van der Waals surface area (Å²) in [5.41, 5.74) is 5.86. The third kappa shape index (κ3) is 2.84. The van der Waals surface area contributed by atoms with Gasteiger partial charge in [0, 0.05) is 0 Å². The fourth-order valence-corrected chi connectivity index (χ4v) is 1.39. The molecule has 2 aromatic carbocycles. The molecule has 0 aliphatic carbocycles. The van der Waals surface area contributed by atoms with Gasteiger partial charge in [0.05, 0.1) is 12.3 Å². The van der Waals surface area contributed by atoms with Crippen molar-refractivity contribution in [3.8, 4) is 0 Å². The lowest BCUT2D eigenvalue weighted by Crippen LogP contribution is -2.02. The van der Waals surface area contributed by atoms with Crippen molar-refractivity contribution in [1.29, 1.82) is 0 Å². The van der Waals surface area contributed by atoms with Gasteiger partial charge in [0.15, 0.2) is 0 Å². The Hall–Kier alpha value is -1.80. The van der Waals surface area contributed by atoms with Crippen LogP contribution in [0.3, 0.4) is 0 Å². The fraction of sp³-hybridized carbons (Fsp3) is 0.0714. The van der Waals surface area contributed by atoms with Crippen molar-refractivity contribution in [3.63, 3.8) is 0 Å². The SMILES string of the molecule is [CH2]c1ccccc1NOCc1ccccc1. The lowest BCUT2D eigenvalue weighted by molar-refractivity contribution is 0.180. The average Bonchev–Trinajstić information content (AvgIpc) is 2.33. The summed E-state index contributed by atoms with van der Waals surface area (Å²) in [6, 6.07) is 17.8. The Labute approximate surface area is 95.8 Å². The number of para-hydroxylation sites is 1. The number of rotatable bonds is 4. The standard InChI is InChI=1S/C14H14NO/c1-12-7-5-6-10-14(12)15-16-11-13-8-3-2-4-9-13/h2-10,15H,1,11H2. The molecule has 0 spiro atoms. The van der Waals surface area contributed by atoms with Gasteiger partial charge in [-0.05, 0) is 24.1 Å². The highest BCUT2D eigenvalue weighted by Gasteiger charge is 1.96. The number of hydrogen-bond acceptors (Lipinski definition) is 2. The summed E-state index contributed by atoms with van der Waals surface area (Å²) in [6.45, 7) is 4.44. The van der Waals surface area contributed by atoms with Crippen LogP contribution in [-0.2, 0) is 11.4 Å². The molecule has 1 radical (unpaired) electrons. The molecule has 2 aromatic rings. The highest BCUT2D eigenvalue weighted by atomic mass is 16.6. The normalized spacial score (nSPS) is 10.1. The number of hydrogen-bond donors (Lipinski definition) is 1. The van der Waals surface area contributed by atoms with E-state index in [0.717, 1.165) is 16.8 Å². The van der Waals surface area contributed by atoms with Gasteiger partial charge in [0.2, 0.25) is 0 Å². The summed E-state index contributed by atoms with van der Waals surface area (Å²) in [7, 11) is 0. The maximum absolute atomic E-state index is 5.40.